The summed E-state index contributed by atoms with van der Waals surface area (Å²) in [5.74, 6) is 0.551. The van der Waals surface area contributed by atoms with Crippen molar-refractivity contribution in [2.45, 2.75) is 32.4 Å². The van der Waals surface area contributed by atoms with Crippen molar-refractivity contribution >= 4 is 11.6 Å². The van der Waals surface area contributed by atoms with Crippen LogP contribution in [0.2, 0.25) is 0 Å². The van der Waals surface area contributed by atoms with Gasteiger partial charge in [0.15, 0.2) is 5.96 Å². The normalized spacial score (nSPS) is 20.6. The highest BCUT2D eigenvalue weighted by Gasteiger charge is 2.18. The van der Waals surface area contributed by atoms with Crippen molar-refractivity contribution in [1.29, 1.82) is 0 Å². The van der Waals surface area contributed by atoms with Crippen molar-refractivity contribution in [2.75, 3.05) is 71.0 Å². The third-order valence-electron chi connectivity index (χ3n) is 5.71. The van der Waals surface area contributed by atoms with Gasteiger partial charge in [-0.1, -0.05) is 13.0 Å². The molecule has 0 spiro atoms. The lowest BCUT2D eigenvalue weighted by Crippen LogP contribution is -2.46. The summed E-state index contributed by atoms with van der Waals surface area (Å²) in [7, 11) is 1.74. The first kappa shape index (κ1) is 22.8. The average molecular weight is 422 g/mol. The number of aliphatic imine (C=N–C) groups is 1. The number of ether oxygens (including phenoxy) is 2. The predicted octanol–water partition coefficient (Wildman–Crippen LogP) is 1.83. The minimum atomic E-state index is -0.157. The summed E-state index contributed by atoms with van der Waals surface area (Å²) in [6, 6.07) is 5.51. The molecule has 1 aromatic rings. The third-order valence-corrected chi connectivity index (χ3v) is 5.71. The standard InChI is InChI=1S/C22H36FN5O2/c1-3-27-9-11-28(12-10-27)21-6-5-18(15-20(21)23)16-26-22(24-2)25-8-4-13-30-19-7-14-29-17-19/h5-6,15,19H,3-4,7-14,16-17H2,1-2H3,(H2,24,25,26). The van der Waals surface area contributed by atoms with Gasteiger partial charge in [-0.25, -0.2) is 4.39 Å². The number of halogens is 1. The molecular formula is C22H36FN5O2. The van der Waals surface area contributed by atoms with Crippen LogP contribution in [-0.4, -0.2) is 83.1 Å². The van der Waals surface area contributed by atoms with Crippen molar-refractivity contribution in [2.24, 2.45) is 4.99 Å². The highest BCUT2D eigenvalue weighted by atomic mass is 19.1. The number of piperazine rings is 1. The Balaban J connectivity index is 1.38. The van der Waals surface area contributed by atoms with Gasteiger partial charge in [0.25, 0.3) is 0 Å². The van der Waals surface area contributed by atoms with E-state index in [4.69, 9.17) is 9.47 Å². The van der Waals surface area contributed by atoms with E-state index in [1.54, 1.807) is 13.1 Å². The van der Waals surface area contributed by atoms with Crippen molar-refractivity contribution in [3.05, 3.63) is 29.6 Å². The van der Waals surface area contributed by atoms with Crippen LogP contribution in [0.1, 0.15) is 25.3 Å². The quantitative estimate of drug-likeness (QED) is 0.360. The van der Waals surface area contributed by atoms with Crippen molar-refractivity contribution < 1.29 is 13.9 Å². The van der Waals surface area contributed by atoms with Gasteiger partial charge in [-0.15, -0.1) is 0 Å². The van der Waals surface area contributed by atoms with Gasteiger partial charge in [-0.3, -0.25) is 4.99 Å². The number of rotatable bonds is 9. The van der Waals surface area contributed by atoms with E-state index in [1.807, 2.05) is 12.1 Å². The monoisotopic (exact) mass is 421 g/mol. The minimum Gasteiger partial charge on any atom is -0.379 e. The van der Waals surface area contributed by atoms with Gasteiger partial charge in [-0.05, 0) is 37.1 Å². The van der Waals surface area contributed by atoms with Crippen LogP contribution in [0.15, 0.2) is 23.2 Å². The number of hydrogen-bond donors (Lipinski definition) is 2. The lowest BCUT2D eigenvalue weighted by atomic mass is 10.1. The van der Waals surface area contributed by atoms with Gasteiger partial charge in [0.2, 0.25) is 0 Å². The Bertz CT molecular complexity index is 673. The van der Waals surface area contributed by atoms with Crippen molar-refractivity contribution in [3.8, 4) is 0 Å². The molecule has 0 aliphatic carbocycles. The molecule has 2 fully saturated rings. The summed E-state index contributed by atoms with van der Waals surface area (Å²) in [4.78, 5) is 8.76. The molecule has 2 aliphatic heterocycles. The van der Waals surface area contributed by atoms with Crippen LogP contribution >= 0.6 is 0 Å². The van der Waals surface area contributed by atoms with Crippen LogP contribution in [0.3, 0.4) is 0 Å². The summed E-state index contributed by atoms with van der Waals surface area (Å²) in [6.07, 6.45) is 2.13. The summed E-state index contributed by atoms with van der Waals surface area (Å²) < 4.78 is 25.7. The first-order valence-electron chi connectivity index (χ1n) is 11.1. The molecule has 1 unspecified atom stereocenters. The number of likely N-dealkylation sites (N-methyl/N-ethyl adjacent to an activating group) is 1. The van der Waals surface area contributed by atoms with Crippen LogP contribution in [-0.2, 0) is 16.0 Å². The Labute approximate surface area is 179 Å². The largest absolute Gasteiger partial charge is 0.379 e. The first-order valence-corrected chi connectivity index (χ1v) is 11.1. The van der Waals surface area contributed by atoms with Crippen molar-refractivity contribution in [1.82, 2.24) is 15.5 Å². The summed E-state index contributed by atoms with van der Waals surface area (Å²) in [5.41, 5.74) is 1.60. The third kappa shape index (κ3) is 6.82. The van der Waals surface area contributed by atoms with E-state index in [-0.39, 0.29) is 11.9 Å². The van der Waals surface area contributed by atoms with Gasteiger partial charge < -0.3 is 29.9 Å². The van der Waals surface area contributed by atoms with Crippen LogP contribution in [0, 0.1) is 5.82 Å². The number of nitrogens with one attached hydrogen (secondary N) is 2. The smallest absolute Gasteiger partial charge is 0.191 e. The summed E-state index contributed by atoms with van der Waals surface area (Å²) in [5, 5.41) is 6.52. The maximum Gasteiger partial charge on any atom is 0.191 e. The molecule has 1 aromatic carbocycles. The minimum absolute atomic E-state index is 0.157. The summed E-state index contributed by atoms with van der Waals surface area (Å²) >= 11 is 0. The van der Waals surface area contributed by atoms with E-state index in [0.717, 1.165) is 64.3 Å². The predicted molar refractivity (Wildman–Crippen MR) is 119 cm³/mol. The van der Waals surface area contributed by atoms with Gasteiger partial charge >= 0.3 is 0 Å². The Morgan fingerprint density at radius 1 is 1.27 bits per heavy atom. The molecule has 7 nitrogen and oxygen atoms in total. The second-order valence-corrected chi connectivity index (χ2v) is 7.77. The number of guanidine groups is 1. The molecule has 2 N–H and O–H groups in total. The Morgan fingerprint density at radius 2 is 2.10 bits per heavy atom. The van der Waals surface area contributed by atoms with E-state index in [9.17, 15) is 4.39 Å². The zero-order valence-corrected chi connectivity index (χ0v) is 18.3. The summed E-state index contributed by atoms with van der Waals surface area (Å²) in [6.45, 7) is 10.4. The van der Waals surface area contributed by atoms with Gasteiger partial charge in [0, 0.05) is 59.5 Å². The fourth-order valence-electron chi connectivity index (χ4n) is 3.80. The molecule has 2 heterocycles. The second kappa shape index (κ2) is 12.1. The molecule has 2 aliphatic rings. The molecule has 2 saturated heterocycles. The van der Waals surface area contributed by atoms with Gasteiger partial charge in [-0.2, -0.15) is 0 Å². The van der Waals surface area contributed by atoms with Gasteiger partial charge in [0.05, 0.1) is 18.4 Å². The fourth-order valence-corrected chi connectivity index (χ4v) is 3.80. The average Bonchev–Trinajstić information content (AvgIpc) is 3.29. The van der Waals surface area contributed by atoms with Crippen LogP contribution in [0.5, 0.6) is 0 Å². The van der Waals surface area contributed by atoms with E-state index >= 15 is 0 Å². The number of hydrogen-bond acceptors (Lipinski definition) is 5. The molecule has 8 heteroatoms. The maximum atomic E-state index is 14.7. The molecule has 3 rings (SSSR count). The molecular weight excluding hydrogens is 385 g/mol. The Morgan fingerprint density at radius 3 is 2.77 bits per heavy atom. The number of anilines is 1. The topological polar surface area (TPSA) is 61.4 Å². The Hall–Kier alpha value is -1.90. The second-order valence-electron chi connectivity index (χ2n) is 7.77. The highest BCUT2D eigenvalue weighted by molar-refractivity contribution is 5.79. The first-order chi connectivity index (χ1) is 14.7. The van der Waals surface area contributed by atoms with E-state index in [1.165, 1.54) is 0 Å². The molecule has 0 bridgehead atoms. The molecule has 0 aromatic heterocycles. The van der Waals surface area contributed by atoms with Crippen molar-refractivity contribution in [3.63, 3.8) is 0 Å². The molecule has 30 heavy (non-hydrogen) atoms. The number of benzene rings is 1. The van der Waals surface area contributed by atoms with Gasteiger partial charge in [0.1, 0.15) is 5.82 Å². The zero-order chi connectivity index (χ0) is 21.2. The molecule has 0 radical (unpaired) electrons. The SMILES string of the molecule is CCN1CCN(c2ccc(CNC(=NC)NCCCOC3CCOC3)cc2F)CC1. The fraction of sp³-hybridized carbons (Fsp3) is 0.682. The molecule has 168 valence electrons. The number of nitrogens with zero attached hydrogens (tertiary/aromatic N) is 3. The molecule has 1 atom stereocenters. The van der Waals surface area contributed by atoms with E-state index in [0.29, 0.717) is 31.4 Å². The molecule has 0 amide bonds. The van der Waals surface area contributed by atoms with Crippen LogP contribution in [0.4, 0.5) is 10.1 Å². The maximum absolute atomic E-state index is 14.7. The van der Waals surface area contributed by atoms with Crippen LogP contribution < -0.4 is 15.5 Å². The van der Waals surface area contributed by atoms with E-state index in [2.05, 4.69) is 32.3 Å². The Kier molecular flexibility index (Phi) is 9.17. The highest BCUT2D eigenvalue weighted by Crippen LogP contribution is 2.22. The van der Waals surface area contributed by atoms with E-state index < -0.39 is 0 Å². The lowest BCUT2D eigenvalue weighted by molar-refractivity contribution is 0.0420. The van der Waals surface area contributed by atoms with Crippen LogP contribution in [0.25, 0.3) is 0 Å². The zero-order valence-electron chi connectivity index (χ0n) is 18.3. The molecule has 0 saturated carbocycles. The lowest BCUT2D eigenvalue weighted by Gasteiger charge is -2.35.